The Labute approximate surface area is 141 Å². The summed E-state index contributed by atoms with van der Waals surface area (Å²) in [5.74, 6) is 0.822. The van der Waals surface area contributed by atoms with Crippen LogP contribution in [-0.4, -0.2) is 17.0 Å². The van der Waals surface area contributed by atoms with Gasteiger partial charge in [-0.25, -0.2) is 0 Å². The molecule has 1 N–H and O–H groups in total. The van der Waals surface area contributed by atoms with Gasteiger partial charge in [0.05, 0.1) is 16.9 Å². The topological polar surface area (TPSA) is 51.2 Å². The van der Waals surface area contributed by atoms with Crippen LogP contribution in [0.3, 0.4) is 0 Å². The average Bonchev–Trinajstić information content (AvgIpc) is 2.54. The van der Waals surface area contributed by atoms with Crippen LogP contribution < -0.4 is 10.1 Å². The van der Waals surface area contributed by atoms with Gasteiger partial charge in [0.2, 0.25) is 0 Å². The Morgan fingerprint density at radius 1 is 1.30 bits per heavy atom. The van der Waals surface area contributed by atoms with E-state index in [1.54, 1.807) is 12.3 Å². The minimum absolute atomic E-state index is 0.235. The maximum Gasteiger partial charge on any atom is 0.265 e. The van der Waals surface area contributed by atoms with Crippen LogP contribution in [0.1, 0.15) is 38.7 Å². The molecule has 0 aliphatic heterocycles. The fourth-order valence-corrected chi connectivity index (χ4v) is 2.38. The number of hydrogen-bond donors (Lipinski definition) is 1. The maximum atomic E-state index is 12.5. The first-order valence-corrected chi connectivity index (χ1v) is 8.06. The number of benzene rings is 1. The van der Waals surface area contributed by atoms with E-state index in [-0.39, 0.29) is 5.91 Å². The Kier molecular flexibility index (Phi) is 5.99. The summed E-state index contributed by atoms with van der Waals surface area (Å²) in [7, 11) is 0. The van der Waals surface area contributed by atoms with Gasteiger partial charge in [0, 0.05) is 6.20 Å². The first-order valence-electron chi connectivity index (χ1n) is 7.68. The van der Waals surface area contributed by atoms with Crippen molar-refractivity contribution in [2.75, 3.05) is 5.32 Å². The summed E-state index contributed by atoms with van der Waals surface area (Å²) in [6.07, 6.45) is 3.06. The van der Waals surface area contributed by atoms with E-state index in [2.05, 4.69) is 24.1 Å². The van der Waals surface area contributed by atoms with Gasteiger partial charge in [-0.15, -0.1) is 0 Å². The Balaban J connectivity index is 2.14. The third-order valence-electron chi connectivity index (χ3n) is 3.50. The third kappa shape index (κ3) is 4.45. The van der Waals surface area contributed by atoms with Crippen molar-refractivity contribution in [1.29, 1.82) is 0 Å². The summed E-state index contributed by atoms with van der Waals surface area (Å²) < 4.78 is 5.95. The number of hydrogen-bond acceptors (Lipinski definition) is 3. The second-order valence-corrected chi connectivity index (χ2v) is 5.96. The van der Waals surface area contributed by atoms with E-state index in [1.807, 2.05) is 31.2 Å². The van der Waals surface area contributed by atoms with E-state index >= 15 is 0 Å². The number of carbonyl (C=O) groups is 1. The molecule has 2 aromatic rings. The van der Waals surface area contributed by atoms with Crippen molar-refractivity contribution in [2.24, 2.45) is 0 Å². The maximum absolute atomic E-state index is 12.5. The number of nitrogens with zero attached hydrogens (tertiary/aromatic N) is 1. The molecule has 0 bridgehead atoms. The smallest absolute Gasteiger partial charge is 0.265 e. The molecule has 122 valence electrons. The second-order valence-electron chi connectivity index (χ2n) is 5.55. The Hall–Kier alpha value is -2.07. The molecule has 0 aliphatic carbocycles. The zero-order chi connectivity index (χ0) is 16.8. The van der Waals surface area contributed by atoms with Gasteiger partial charge in [0.15, 0.2) is 6.10 Å². The van der Waals surface area contributed by atoms with Crippen LogP contribution in [0.5, 0.6) is 5.75 Å². The lowest BCUT2D eigenvalue weighted by Crippen LogP contribution is -2.32. The lowest BCUT2D eigenvalue weighted by molar-refractivity contribution is -0.122. The molecule has 1 aromatic carbocycles. The molecule has 5 heteroatoms. The van der Waals surface area contributed by atoms with Gasteiger partial charge >= 0.3 is 0 Å². The van der Waals surface area contributed by atoms with Crippen LogP contribution in [0.4, 0.5) is 5.69 Å². The number of rotatable bonds is 6. The number of nitrogens with one attached hydrogen (secondary N) is 1. The highest BCUT2D eigenvalue weighted by molar-refractivity contribution is 6.33. The van der Waals surface area contributed by atoms with Crippen molar-refractivity contribution in [3.63, 3.8) is 0 Å². The number of halogens is 1. The van der Waals surface area contributed by atoms with Crippen molar-refractivity contribution >= 4 is 23.2 Å². The van der Waals surface area contributed by atoms with E-state index in [4.69, 9.17) is 16.3 Å². The van der Waals surface area contributed by atoms with Crippen LogP contribution in [0.25, 0.3) is 0 Å². The summed E-state index contributed by atoms with van der Waals surface area (Å²) in [4.78, 5) is 16.4. The molecular formula is C18H21ClN2O2. The molecule has 4 nitrogen and oxygen atoms in total. The van der Waals surface area contributed by atoms with Crippen molar-refractivity contribution < 1.29 is 9.53 Å². The largest absolute Gasteiger partial charge is 0.480 e. The molecule has 1 atom stereocenters. The SMILES string of the molecule is CCC(Oc1ccccc1C(C)C)C(=O)Nc1cnccc1Cl. The quantitative estimate of drug-likeness (QED) is 0.837. The first-order chi connectivity index (χ1) is 11.0. The van der Waals surface area contributed by atoms with Crippen molar-refractivity contribution in [3.05, 3.63) is 53.3 Å². The zero-order valence-electron chi connectivity index (χ0n) is 13.5. The average molecular weight is 333 g/mol. The highest BCUT2D eigenvalue weighted by Gasteiger charge is 2.21. The number of pyridine rings is 1. The predicted octanol–water partition coefficient (Wildman–Crippen LogP) is 4.65. The number of anilines is 1. The fraction of sp³-hybridized carbons (Fsp3) is 0.333. The summed E-state index contributed by atoms with van der Waals surface area (Å²) >= 11 is 6.05. The normalized spacial score (nSPS) is 12.0. The third-order valence-corrected chi connectivity index (χ3v) is 3.83. The van der Waals surface area contributed by atoms with Gasteiger partial charge in [-0.2, -0.15) is 0 Å². The number of ether oxygens (including phenoxy) is 1. The lowest BCUT2D eigenvalue weighted by atomic mass is 10.0. The van der Waals surface area contributed by atoms with Crippen molar-refractivity contribution in [3.8, 4) is 5.75 Å². The highest BCUT2D eigenvalue weighted by atomic mass is 35.5. The van der Waals surface area contributed by atoms with E-state index in [1.165, 1.54) is 6.20 Å². The molecule has 0 aliphatic rings. The van der Waals surface area contributed by atoms with E-state index in [9.17, 15) is 4.79 Å². The molecule has 0 saturated heterocycles. The van der Waals surface area contributed by atoms with Gasteiger partial charge in [-0.1, -0.05) is 50.6 Å². The van der Waals surface area contributed by atoms with Gasteiger partial charge in [0.1, 0.15) is 5.75 Å². The number of carbonyl (C=O) groups excluding carboxylic acids is 1. The van der Waals surface area contributed by atoms with Crippen LogP contribution in [-0.2, 0) is 4.79 Å². The summed E-state index contributed by atoms with van der Waals surface area (Å²) in [6.45, 7) is 6.10. The molecule has 1 amide bonds. The summed E-state index contributed by atoms with van der Waals surface area (Å²) in [6, 6.07) is 9.42. The molecule has 1 unspecified atom stereocenters. The minimum Gasteiger partial charge on any atom is -0.480 e. The predicted molar refractivity (Wildman–Crippen MR) is 93.1 cm³/mol. The second kappa shape index (κ2) is 7.97. The van der Waals surface area contributed by atoms with Gasteiger partial charge in [0.25, 0.3) is 5.91 Å². The molecule has 2 rings (SSSR count). The Morgan fingerprint density at radius 2 is 2.04 bits per heavy atom. The van der Waals surface area contributed by atoms with E-state index in [0.717, 1.165) is 11.3 Å². The van der Waals surface area contributed by atoms with Crippen molar-refractivity contribution in [1.82, 2.24) is 4.98 Å². The van der Waals surface area contributed by atoms with Gasteiger partial charge < -0.3 is 10.1 Å². The van der Waals surface area contributed by atoms with Crippen molar-refractivity contribution in [2.45, 2.75) is 39.2 Å². The number of amides is 1. The lowest BCUT2D eigenvalue weighted by Gasteiger charge is -2.20. The molecule has 0 fully saturated rings. The van der Waals surface area contributed by atoms with E-state index < -0.39 is 6.10 Å². The Bertz CT molecular complexity index is 674. The van der Waals surface area contributed by atoms with Crippen LogP contribution >= 0.6 is 11.6 Å². The number of aromatic nitrogens is 1. The highest BCUT2D eigenvalue weighted by Crippen LogP contribution is 2.27. The molecular weight excluding hydrogens is 312 g/mol. The summed E-state index contributed by atoms with van der Waals surface area (Å²) in [5.41, 5.74) is 1.57. The number of para-hydroxylation sites is 1. The molecule has 1 heterocycles. The molecule has 0 spiro atoms. The first kappa shape index (κ1) is 17.3. The van der Waals surface area contributed by atoms with Crippen LogP contribution in [0.2, 0.25) is 5.02 Å². The molecule has 0 radical (unpaired) electrons. The molecule has 0 saturated carbocycles. The summed E-state index contributed by atoms with van der Waals surface area (Å²) in [5, 5.41) is 3.22. The van der Waals surface area contributed by atoms with Crippen LogP contribution in [0.15, 0.2) is 42.7 Å². The van der Waals surface area contributed by atoms with Crippen LogP contribution in [0, 0.1) is 0 Å². The molecule has 23 heavy (non-hydrogen) atoms. The molecule has 1 aromatic heterocycles. The zero-order valence-corrected chi connectivity index (χ0v) is 14.3. The van der Waals surface area contributed by atoms with E-state index in [0.29, 0.717) is 23.0 Å². The van der Waals surface area contributed by atoms with Gasteiger partial charge in [-0.3, -0.25) is 9.78 Å². The Morgan fingerprint density at radius 3 is 2.70 bits per heavy atom. The minimum atomic E-state index is -0.592. The monoisotopic (exact) mass is 332 g/mol. The standard InChI is InChI=1S/C18H21ClN2O2/c1-4-16(18(22)21-15-11-20-10-9-14(15)19)23-17-8-6-5-7-13(17)12(2)3/h5-12,16H,4H2,1-3H3,(H,21,22). The fourth-order valence-electron chi connectivity index (χ4n) is 2.22. The van der Waals surface area contributed by atoms with Gasteiger partial charge in [-0.05, 0) is 30.0 Å².